The molecule has 1 atom stereocenters. The van der Waals surface area contributed by atoms with Crippen molar-refractivity contribution in [2.24, 2.45) is 0 Å². The molecule has 1 rings (SSSR count). The van der Waals surface area contributed by atoms with Gasteiger partial charge in [-0.25, -0.2) is 0 Å². The minimum absolute atomic E-state index is 0.167. The zero-order valence-corrected chi connectivity index (χ0v) is 31.3. The van der Waals surface area contributed by atoms with Crippen molar-refractivity contribution < 1.29 is 42.7 Å². The number of hydrogen-bond donors (Lipinski definition) is 2. The Bertz CT molecular complexity index is 703. The maximum absolute atomic E-state index is 11.8. The Morgan fingerprint density at radius 3 is 1.23 bits per heavy atom. The van der Waals surface area contributed by atoms with Gasteiger partial charge in [0.25, 0.3) is 0 Å². The van der Waals surface area contributed by atoms with Crippen LogP contribution < -0.4 is 0 Å². The van der Waals surface area contributed by atoms with E-state index in [1.807, 2.05) is 6.07 Å². The molecule has 0 radical (unpaired) electrons. The molecular weight excluding hydrogens is 592 g/mol. The van der Waals surface area contributed by atoms with E-state index in [1.165, 1.54) is 128 Å². The molecule has 0 amide bonds. The van der Waals surface area contributed by atoms with Gasteiger partial charge in [0.15, 0.2) is 0 Å². The van der Waals surface area contributed by atoms with E-state index in [0.29, 0.717) is 4.90 Å². The fourth-order valence-electron chi connectivity index (χ4n) is 4.88. The van der Waals surface area contributed by atoms with Crippen molar-refractivity contribution in [1.82, 2.24) is 0 Å². The van der Waals surface area contributed by atoms with Crippen molar-refractivity contribution in [2.45, 2.75) is 200 Å². The van der Waals surface area contributed by atoms with Crippen LogP contribution in [0.15, 0.2) is 23.1 Å². The van der Waals surface area contributed by atoms with Crippen LogP contribution in [0.5, 0.6) is 0 Å². The Morgan fingerprint density at radius 1 is 0.605 bits per heavy atom. The molecule has 0 saturated carbocycles. The maximum atomic E-state index is 11.8. The van der Waals surface area contributed by atoms with Crippen LogP contribution in [-0.4, -0.2) is 31.2 Å². The van der Waals surface area contributed by atoms with Crippen LogP contribution >= 0.6 is 0 Å². The van der Waals surface area contributed by atoms with Gasteiger partial charge in [-0.2, -0.15) is 0 Å². The Labute approximate surface area is 281 Å². The second-order valence-electron chi connectivity index (χ2n) is 12.2. The second-order valence-corrected chi connectivity index (χ2v) is 13.1. The molecule has 0 aliphatic heterocycles. The van der Waals surface area contributed by atoms with Gasteiger partial charge in [0, 0.05) is 17.1 Å². The van der Waals surface area contributed by atoms with Crippen LogP contribution in [0.25, 0.3) is 0 Å². The van der Waals surface area contributed by atoms with Crippen LogP contribution in [0, 0.1) is 0 Å². The number of aryl methyl sites for hydroxylation is 1. The summed E-state index contributed by atoms with van der Waals surface area (Å²) < 4.78 is 31.8. The first-order valence-corrected chi connectivity index (χ1v) is 19.1. The molecule has 7 heteroatoms. The molecule has 1 aromatic rings. The third kappa shape index (κ3) is 37.9. The van der Waals surface area contributed by atoms with Crippen molar-refractivity contribution in [3.63, 3.8) is 0 Å². The molecule has 1 unspecified atom stereocenters. The Balaban J connectivity index is -0.00000139. The molecule has 0 spiro atoms. The van der Waals surface area contributed by atoms with Crippen LogP contribution in [-0.2, 0) is 47.7 Å². The van der Waals surface area contributed by atoms with Crippen molar-refractivity contribution >= 4 is 11.1 Å². The molecule has 0 aliphatic rings. The Kier molecular flexibility index (Phi) is 41.6. The predicted molar refractivity (Wildman–Crippen MR) is 180 cm³/mol. The van der Waals surface area contributed by atoms with Crippen LogP contribution in [0.3, 0.4) is 0 Å². The summed E-state index contributed by atoms with van der Waals surface area (Å²) in [6.07, 6.45) is 28.1. The molecule has 5 nitrogen and oxygen atoms in total. The molecule has 0 saturated heterocycles. The van der Waals surface area contributed by atoms with E-state index in [4.69, 9.17) is 13.5 Å². The SMILES string of the molecule is CC(C)O.CC(C)O.CCCCCCCCCCCCc1cccc(S(=O)[O-])c1CCCCCCCCCCCC.[O]=[Ti+]. The van der Waals surface area contributed by atoms with Crippen molar-refractivity contribution in [2.75, 3.05) is 0 Å². The molecule has 43 heavy (non-hydrogen) atoms. The first-order valence-electron chi connectivity index (χ1n) is 17.4. The number of aliphatic hydroxyl groups excluding tert-OH is 2. The van der Waals surface area contributed by atoms with E-state index in [0.717, 1.165) is 45.2 Å². The van der Waals surface area contributed by atoms with Gasteiger partial charge < -0.3 is 14.8 Å². The predicted octanol–water partition coefficient (Wildman–Crippen LogP) is 10.5. The number of unbranched alkanes of at least 4 members (excludes halogenated alkanes) is 18. The summed E-state index contributed by atoms with van der Waals surface area (Å²) in [4.78, 5) is 0.538. The number of aliphatic hydroxyl groups is 2. The average molecular weight is 662 g/mol. The van der Waals surface area contributed by atoms with Crippen LogP contribution in [0.2, 0.25) is 0 Å². The molecule has 0 fully saturated rings. The topological polar surface area (TPSA) is 97.7 Å². The fourth-order valence-corrected chi connectivity index (χ4v) is 5.50. The van der Waals surface area contributed by atoms with Gasteiger partial charge >= 0.3 is 23.7 Å². The van der Waals surface area contributed by atoms with Crippen molar-refractivity contribution in [3.8, 4) is 0 Å². The van der Waals surface area contributed by atoms with Gasteiger partial charge in [-0.3, -0.25) is 4.21 Å². The molecule has 0 aliphatic carbocycles. The number of benzene rings is 1. The van der Waals surface area contributed by atoms with Crippen LogP contribution in [0.1, 0.15) is 181 Å². The molecule has 2 N–H and O–H groups in total. The summed E-state index contributed by atoms with van der Waals surface area (Å²) in [5.74, 6) is 0. The normalized spacial score (nSPS) is 11.3. The van der Waals surface area contributed by atoms with E-state index in [-0.39, 0.29) is 12.2 Å². The third-order valence-electron chi connectivity index (χ3n) is 6.99. The van der Waals surface area contributed by atoms with Gasteiger partial charge in [-0.1, -0.05) is 142 Å². The third-order valence-corrected chi connectivity index (χ3v) is 7.73. The molecular formula is C36H69O5STi. The standard InChI is InChI=1S/C30H54O2S.2C3H8O.O.Ti/c1-3-5-7-9-11-13-15-17-19-21-24-28-25-23-27-30(33(31)32)29(28)26-22-20-18-16-14-12-10-8-6-4-2;2*1-3(2)4;;/h23,25,27H,3-22,24,26H2,1-2H3,(H,31,32);2*3-4H,1-2H3;;/q;;;;+1/p-1. The summed E-state index contributed by atoms with van der Waals surface area (Å²) in [5.41, 5.74) is 2.37. The van der Waals surface area contributed by atoms with E-state index in [2.05, 4.69) is 19.9 Å². The van der Waals surface area contributed by atoms with Crippen molar-refractivity contribution in [1.29, 1.82) is 0 Å². The molecule has 1 aromatic carbocycles. The van der Waals surface area contributed by atoms with Gasteiger partial charge in [0.1, 0.15) is 0 Å². The zero-order valence-electron chi connectivity index (χ0n) is 29.0. The fraction of sp³-hybridized carbons (Fsp3) is 0.833. The molecule has 253 valence electrons. The van der Waals surface area contributed by atoms with Gasteiger partial charge in [0.05, 0.1) is 0 Å². The molecule has 0 heterocycles. The average Bonchev–Trinajstić information content (AvgIpc) is 2.95. The Hall–Kier alpha value is -0.236. The summed E-state index contributed by atoms with van der Waals surface area (Å²) in [6.45, 7) is 11.4. The molecule has 0 aromatic heterocycles. The van der Waals surface area contributed by atoms with Gasteiger partial charge in [0.2, 0.25) is 0 Å². The summed E-state index contributed by atoms with van der Waals surface area (Å²) in [6, 6.07) is 5.88. The first kappa shape index (κ1) is 47.2. The molecule has 0 bridgehead atoms. The zero-order chi connectivity index (χ0) is 33.1. The minimum atomic E-state index is -2.13. The summed E-state index contributed by atoms with van der Waals surface area (Å²) in [5, 5.41) is 16.1. The number of rotatable bonds is 23. The quantitative estimate of drug-likeness (QED) is 0.0691. The van der Waals surface area contributed by atoms with Crippen LogP contribution in [0.4, 0.5) is 0 Å². The van der Waals surface area contributed by atoms with Crippen molar-refractivity contribution in [3.05, 3.63) is 29.3 Å². The first-order chi connectivity index (χ1) is 20.7. The van der Waals surface area contributed by atoms with E-state index in [9.17, 15) is 8.76 Å². The second kappa shape index (κ2) is 37.9. The van der Waals surface area contributed by atoms with E-state index < -0.39 is 11.1 Å². The van der Waals surface area contributed by atoms with Gasteiger partial charge in [-0.15, -0.1) is 0 Å². The number of hydrogen-bond acceptors (Lipinski definition) is 5. The Morgan fingerprint density at radius 2 is 0.907 bits per heavy atom. The summed E-state index contributed by atoms with van der Waals surface area (Å²) >= 11 is -1.38. The van der Waals surface area contributed by atoms with Gasteiger partial charge in [-0.05, 0) is 81.7 Å². The summed E-state index contributed by atoms with van der Waals surface area (Å²) in [7, 11) is 0. The monoisotopic (exact) mass is 661 g/mol. The van der Waals surface area contributed by atoms with E-state index in [1.54, 1.807) is 33.8 Å². The van der Waals surface area contributed by atoms with E-state index >= 15 is 0 Å².